The lowest BCUT2D eigenvalue weighted by Crippen LogP contribution is -2.31. The van der Waals surface area contributed by atoms with Crippen molar-refractivity contribution in [2.24, 2.45) is 11.3 Å². The summed E-state index contributed by atoms with van der Waals surface area (Å²) in [6.07, 6.45) is 3.62. The summed E-state index contributed by atoms with van der Waals surface area (Å²) in [6.45, 7) is 5.69. The molecule has 1 fully saturated rings. The van der Waals surface area contributed by atoms with Crippen LogP contribution in [0, 0.1) is 11.3 Å². The molecule has 0 unspecified atom stereocenters. The predicted molar refractivity (Wildman–Crippen MR) is 89.6 cm³/mol. The van der Waals surface area contributed by atoms with E-state index in [9.17, 15) is 14.4 Å². The van der Waals surface area contributed by atoms with Gasteiger partial charge in [-0.05, 0) is 37.0 Å². The highest BCUT2D eigenvalue weighted by atomic mass is 16.5. The van der Waals surface area contributed by atoms with Crippen LogP contribution in [0.3, 0.4) is 0 Å². The molecule has 0 amide bonds. The van der Waals surface area contributed by atoms with Crippen LogP contribution in [0.25, 0.3) is 0 Å². The number of carbonyl (C=O) groups excluding carboxylic acids is 3. The van der Waals surface area contributed by atoms with E-state index in [4.69, 9.17) is 4.74 Å². The van der Waals surface area contributed by atoms with E-state index in [2.05, 4.69) is 13.8 Å². The third-order valence-electron chi connectivity index (χ3n) is 5.10. The summed E-state index contributed by atoms with van der Waals surface area (Å²) in [5, 5.41) is 0. The van der Waals surface area contributed by atoms with Crippen molar-refractivity contribution in [1.82, 2.24) is 0 Å². The second-order valence-corrected chi connectivity index (χ2v) is 7.48. The molecule has 2 aliphatic rings. The molecule has 0 aliphatic heterocycles. The Labute approximate surface area is 141 Å². The van der Waals surface area contributed by atoms with E-state index in [1.54, 1.807) is 24.3 Å². The summed E-state index contributed by atoms with van der Waals surface area (Å²) in [4.78, 5) is 37.3. The van der Waals surface area contributed by atoms with Crippen LogP contribution in [0.5, 0.6) is 0 Å². The lowest BCUT2D eigenvalue weighted by molar-refractivity contribution is -0.136. The molecule has 4 nitrogen and oxygen atoms in total. The summed E-state index contributed by atoms with van der Waals surface area (Å²) in [7, 11) is 0. The first-order valence-corrected chi connectivity index (χ1v) is 8.41. The maximum atomic E-state index is 13.0. The number of ether oxygens (including phenoxy) is 1. The molecule has 126 valence electrons. The molecule has 0 spiro atoms. The van der Waals surface area contributed by atoms with Crippen LogP contribution in [0.15, 0.2) is 35.6 Å². The first-order chi connectivity index (χ1) is 11.3. The van der Waals surface area contributed by atoms with E-state index in [1.165, 1.54) is 6.92 Å². The number of carbonyl (C=O) groups is 3. The van der Waals surface area contributed by atoms with Gasteiger partial charge < -0.3 is 4.74 Å². The molecule has 1 saturated carbocycles. The molecular weight excluding hydrogens is 304 g/mol. The highest BCUT2D eigenvalue weighted by Gasteiger charge is 2.40. The van der Waals surface area contributed by atoms with E-state index < -0.39 is 5.97 Å². The molecule has 24 heavy (non-hydrogen) atoms. The van der Waals surface area contributed by atoms with Gasteiger partial charge in [0, 0.05) is 18.1 Å². The van der Waals surface area contributed by atoms with E-state index in [0.29, 0.717) is 16.7 Å². The molecule has 0 bridgehead atoms. The van der Waals surface area contributed by atoms with E-state index in [-0.39, 0.29) is 28.7 Å². The fraction of sp³-hybridized carbons (Fsp3) is 0.450. The second kappa shape index (κ2) is 6.00. The fourth-order valence-corrected chi connectivity index (χ4v) is 3.68. The van der Waals surface area contributed by atoms with Crippen molar-refractivity contribution in [2.75, 3.05) is 0 Å². The number of hydrogen-bond acceptors (Lipinski definition) is 4. The van der Waals surface area contributed by atoms with Gasteiger partial charge in [0.05, 0.1) is 5.57 Å². The van der Waals surface area contributed by atoms with Gasteiger partial charge in [-0.1, -0.05) is 38.1 Å². The number of esters is 1. The van der Waals surface area contributed by atoms with Gasteiger partial charge in [0.1, 0.15) is 0 Å². The van der Waals surface area contributed by atoms with Crippen molar-refractivity contribution in [3.05, 3.63) is 46.7 Å². The zero-order chi connectivity index (χ0) is 17.5. The SMILES string of the molecule is CC(=O)OC1=C(C2CCC(C)(C)CC2)C(=O)c2ccccc2C1=O. The summed E-state index contributed by atoms with van der Waals surface area (Å²) in [5.41, 5.74) is 1.37. The van der Waals surface area contributed by atoms with Crippen LogP contribution in [0.4, 0.5) is 0 Å². The van der Waals surface area contributed by atoms with Gasteiger partial charge in [0.2, 0.25) is 5.78 Å². The monoisotopic (exact) mass is 326 g/mol. The largest absolute Gasteiger partial charge is 0.422 e. The van der Waals surface area contributed by atoms with Gasteiger partial charge in [-0.25, -0.2) is 0 Å². The molecule has 4 heteroatoms. The smallest absolute Gasteiger partial charge is 0.308 e. The van der Waals surface area contributed by atoms with Gasteiger partial charge >= 0.3 is 5.97 Å². The molecule has 3 rings (SSSR count). The maximum absolute atomic E-state index is 13.0. The molecule has 0 radical (unpaired) electrons. The summed E-state index contributed by atoms with van der Waals surface area (Å²) in [6, 6.07) is 6.75. The zero-order valence-electron chi connectivity index (χ0n) is 14.3. The maximum Gasteiger partial charge on any atom is 0.308 e. The van der Waals surface area contributed by atoms with Crippen LogP contribution in [0.2, 0.25) is 0 Å². The van der Waals surface area contributed by atoms with Crippen molar-refractivity contribution in [3.63, 3.8) is 0 Å². The highest BCUT2D eigenvalue weighted by molar-refractivity contribution is 6.26. The van der Waals surface area contributed by atoms with Gasteiger partial charge in [0.15, 0.2) is 11.5 Å². The first kappa shape index (κ1) is 16.6. The molecular formula is C20H22O4. The molecule has 0 heterocycles. The third kappa shape index (κ3) is 2.93. The Hall–Kier alpha value is -2.23. The Bertz CT molecular complexity index is 745. The summed E-state index contributed by atoms with van der Waals surface area (Å²) < 4.78 is 5.22. The zero-order valence-corrected chi connectivity index (χ0v) is 14.3. The van der Waals surface area contributed by atoms with Gasteiger partial charge in [-0.2, -0.15) is 0 Å². The van der Waals surface area contributed by atoms with Crippen molar-refractivity contribution >= 4 is 17.5 Å². The van der Waals surface area contributed by atoms with Crippen LogP contribution < -0.4 is 0 Å². The summed E-state index contributed by atoms with van der Waals surface area (Å²) >= 11 is 0. The molecule has 0 aromatic heterocycles. The molecule has 0 N–H and O–H groups in total. The van der Waals surface area contributed by atoms with E-state index in [0.717, 1.165) is 25.7 Å². The normalized spacial score (nSPS) is 20.8. The number of benzene rings is 1. The Morgan fingerprint density at radius 1 is 1.04 bits per heavy atom. The number of fused-ring (bicyclic) bond motifs is 1. The van der Waals surface area contributed by atoms with Crippen LogP contribution in [-0.2, 0) is 9.53 Å². The number of Topliss-reactive ketones (excluding diaryl/α,β-unsaturated/α-hetero) is 2. The molecule has 0 saturated heterocycles. The topological polar surface area (TPSA) is 60.4 Å². The quantitative estimate of drug-likeness (QED) is 0.768. The van der Waals surface area contributed by atoms with E-state index in [1.807, 2.05) is 0 Å². The van der Waals surface area contributed by atoms with Crippen molar-refractivity contribution in [1.29, 1.82) is 0 Å². The highest BCUT2D eigenvalue weighted by Crippen LogP contribution is 2.43. The molecule has 0 atom stereocenters. The first-order valence-electron chi connectivity index (χ1n) is 8.41. The van der Waals surface area contributed by atoms with E-state index >= 15 is 0 Å². The number of allylic oxidation sites excluding steroid dienone is 2. The van der Waals surface area contributed by atoms with Crippen LogP contribution >= 0.6 is 0 Å². The minimum absolute atomic E-state index is 0.0304. The Balaban J connectivity index is 2.06. The lowest BCUT2D eigenvalue weighted by Gasteiger charge is -2.36. The molecule has 2 aliphatic carbocycles. The predicted octanol–water partition coefficient (Wildman–Crippen LogP) is 4.10. The number of ketones is 2. The van der Waals surface area contributed by atoms with Gasteiger partial charge in [0.25, 0.3) is 0 Å². The minimum Gasteiger partial charge on any atom is -0.422 e. The Morgan fingerprint density at radius 3 is 2.12 bits per heavy atom. The fourth-order valence-electron chi connectivity index (χ4n) is 3.68. The lowest BCUT2D eigenvalue weighted by atomic mass is 9.68. The van der Waals surface area contributed by atoms with Crippen LogP contribution in [-0.4, -0.2) is 17.5 Å². The molecule has 1 aromatic rings. The van der Waals surface area contributed by atoms with Gasteiger partial charge in [-0.3, -0.25) is 14.4 Å². The van der Waals surface area contributed by atoms with Crippen molar-refractivity contribution < 1.29 is 19.1 Å². The average molecular weight is 326 g/mol. The Morgan fingerprint density at radius 2 is 1.58 bits per heavy atom. The van der Waals surface area contributed by atoms with Crippen molar-refractivity contribution in [3.8, 4) is 0 Å². The minimum atomic E-state index is -0.570. The Kier molecular flexibility index (Phi) is 4.16. The van der Waals surface area contributed by atoms with Gasteiger partial charge in [-0.15, -0.1) is 0 Å². The third-order valence-corrected chi connectivity index (χ3v) is 5.10. The standard InChI is InChI=1S/C20H22O4/c1-12(21)24-19-16(13-8-10-20(2,3)11-9-13)17(22)14-6-4-5-7-15(14)18(19)23/h4-7,13H,8-11H2,1-3H3. The van der Waals surface area contributed by atoms with Crippen molar-refractivity contribution in [2.45, 2.75) is 46.5 Å². The number of rotatable bonds is 2. The second-order valence-electron chi connectivity index (χ2n) is 7.48. The summed E-state index contributed by atoms with van der Waals surface area (Å²) in [5.74, 6) is -1.20. The van der Waals surface area contributed by atoms with Crippen LogP contribution in [0.1, 0.15) is 67.2 Å². The average Bonchev–Trinajstić information content (AvgIpc) is 2.53. The number of hydrogen-bond donors (Lipinski definition) is 0. The molecule has 1 aromatic carbocycles.